The average Bonchev–Trinajstić information content (AvgIpc) is 2.64. The van der Waals surface area contributed by atoms with E-state index in [2.05, 4.69) is 10.2 Å². The predicted octanol–water partition coefficient (Wildman–Crippen LogP) is 2.09. The minimum absolute atomic E-state index is 0.0990. The first-order valence-electron chi connectivity index (χ1n) is 8.72. The van der Waals surface area contributed by atoms with Crippen molar-refractivity contribution in [2.75, 3.05) is 31.1 Å². The topological polar surface area (TPSA) is 96.7 Å². The molecule has 1 aromatic carbocycles. The Morgan fingerprint density at radius 2 is 1.96 bits per heavy atom. The van der Waals surface area contributed by atoms with Crippen molar-refractivity contribution in [2.45, 2.75) is 19.9 Å². The second kappa shape index (κ2) is 9.28. The molecule has 0 radical (unpaired) electrons. The predicted molar refractivity (Wildman–Crippen MR) is 103 cm³/mol. The van der Waals surface area contributed by atoms with Gasteiger partial charge in [-0.05, 0) is 24.1 Å². The van der Waals surface area contributed by atoms with Crippen molar-refractivity contribution in [2.24, 2.45) is 5.92 Å². The molecule has 0 bridgehead atoms. The van der Waals surface area contributed by atoms with E-state index in [1.54, 1.807) is 13.8 Å². The maximum absolute atomic E-state index is 12.3. The zero-order valence-corrected chi connectivity index (χ0v) is 16.1. The molecule has 1 saturated heterocycles. The molecule has 1 aromatic rings. The number of rotatable bonds is 6. The summed E-state index contributed by atoms with van der Waals surface area (Å²) in [6.45, 7) is 6.12. The lowest BCUT2D eigenvalue weighted by atomic mass is 10.0. The van der Waals surface area contributed by atoms with Gasteiger partial charge >= 0.3 is 5.97 Å². The number of amides is 1. The molecule has 2 N–H and O–H groups in total. The molecule has 1 atom stereocenters. The molecule has 2 rings (SSSR count). The van der Waals surface area contributed by atoms with Crippen LogP contribution < -0.4 is 10.2 Å². The summed E-state index contributed by atoms with van der Waals surface area (Å²) in [5, 5.41) is 21.6. The first-order valence-corrected chi connectivity index (χ1v) is 9.09. The van der Waals surface area contributed by atoms with Gasteiger partial charge in [-0.15, -0.1) is 0 Å². The van der Waals surface area contributed by atoms with Crippen molar-refractivity contribution >= 4 is 29.2 Å². The standard InChI is InChI=1S/C19H23ClN4O3/c1-13(2)17(19(26)27)22-18(25)14(11-21)12-23-6-8-24(9-7-23)16-5-3-4-15(20)10-16/h3-5,10,12-13,17H,6-9H2,1-2H3,(H,22,25)(H,26,27)/b14-12-. The van der Waals surface area contributed by atoms with Crippen LogP contribution in [0.4, 0.5) is 5.69 Å². The van der Waals surface area contributed by atoms with Crippen molar-refractivity contribution < 1.29 is 14.7 Å². The van der Waals surface area contributed by atoms with Crippen molar-refractivity contribution in [3.63, 3.8) is 0 Å². The number of carboxylic acids is 1. The number of anilines is 1. The monoisotopic (exact) mass is 390 g/mol. The van der Waals surface area contributed by atoms with Gasteiger partial charge < -0.3 is 20.2 Å². The van der Waals surface area contributed by atoms with Crippen LogP contribution in [0, 0.1) is 17.2 Å². The van der Waals surface area contributed by atoms with E-state index in [0.717, 1.165) is 18.8 Å². The van der Waals surface area contributed by atoms with Gasteiger partial charge in [-0.2, -0.15) is 5.26 Å². The minimum atomic E-state index is -1.12. The molecule has 8 heteroatoms. The van der Waals surface area contributed by atoms with Gasteiger partial charge in [-0.1, -0.05) is 31.5 Å². The summed E-state index contributed by atoms with van der Waals surface area (Å²) >= 11 is 6.03. The molecule has 1 amide bonds. The summed E-state index contributed by atoms with van der Waals surface area (Å²) in [5.41, 5.74) is 0.934. The molecule has 0 spiro atoms. The molecular weight excluding hydrogens is 368 g/mol. The average molecular weight is 391 g/mol. The minimum Gasteiger partial charge on any atom is -0.480 e. The van der Waals surface area contributed by atoms with Crippen molar-refractivity contribution in [1.82, 2.24) is 10.2 Å². The van der Waals surface area contributed by atoms with Crippen LogP contribution >= 0.6 is 11.6 Å². The number of nitriles is 1. The number of piperazine rings is 1. The number of benzene rings is 1. The van der Waals surface area contributed by atoms with Crippen LogP contribution in [0.2, 0.25) is 5.02 Å². The Morgan fingerprint density at radius 1 is 1.30 bits per heavy atom. The largest absolute Gasteiger partial charge is 0.480 e. The van der Waals surface area contributed by atoms with Crippen LogP contribution in [0.15, 0.2) is 36.0 Å². The number of nitrogens with zero attached hydrogens (tertiary/aromatic N) is 3. The van der Waals surface area contributed by atoms with Gasteiger partial charge in [0.2, 0.25) is 0 Å². The molecule has 1 heterocycles. The van der Waals surface area contributed by atoms with Crippen molar-refractivity contribution in [3.05, 3.63) is 41.1 Å². The summed E-state index contributed by atoms with van der Waals surface area (Å²) in [7, 11) is 0. The smallest absolute Gasteiger partial charge is 0.326 e. The van der Waals surface area contributed by atoms with Crippen LogP contribution in [-0.2, 0) is 9.59 Å². The summed E-state index contributed by atoms with van der Waals surface area (Å²) < 4.78 is 0. The van der Waals surface area contributed by atoms with Gasteiger partial charge in [0.25, 0.3) is 5.91 Å². The van der Waals surface area contributed by atoms with Crippen molar-refractivity contribution in [1.29, 1.82) is 5.26 Å². The summed E-state index contributed by atoms with van der Waals surface area (Å²) in [5.74, 6) is -2.07. The summed E-state index contributed by atoms with van der Waals surface area (Å²) in [4.78, 5) is 27.6. The van der Waals surface area contributed by atoms with E-state index in [1.807, 2.05) is 35.2 Å². The highest BCUT2D eigenvalue weighted by Crippen LogP contribution is 2.21. The number of nitrogens with one attached hydrogen (secondary N) is 1. The highest BCUT2D eigenvalue weighted by atomic mass is 35.5. The van der Waals surface area contributed by atoms with E-state index in [1.165, 1.54) is 6.20 Å². The molecule has 1 aliphatic heterocycles. The summed E-state index contributed by atoms with van der Waals surface area (Å²) in [6.07, 6.45) is 1.50. The Balaban J connectivity index is 1.99. The zero-order chi connectivity index (χ0) is 20.0. The van der Waals surface area contributed by atoms with Crippen molar-refractivity contribution in [3.8, 4) is 6.07 Å². The molecule has 1 unspecified atom stereocenters. The van der Waals surface area contributed by atoms with Crippen LogP contribution in [0.3, 0.4) is 0 Å². The van der Waals surface area contributed by atoms with Gasteiger partial charge in [-0.25, -0.2) is 4.79 Å². The molecular formula is C19H23ClN4O3. The zero-order valence-electron chi connectivity index (χ0n) is 15.4. The number of hydrogen-bond acceptors (Lipinski definition) is 5. The lowest BCUT2D eigenvalue weighted by Gasteiger charge is -2.35. The molecule has 1 aliphatic rings. The fourth-order valence-electron chi connectivity index (χ4n) is 2.84. The SMILES string of the molecule is CC(C)C(NC(=O)/C(C#N)=C\N1CCN(c2cccc(Cl)c2)CC1)C(=O)O. The van der Waals surface area contributed by atoms with Crippen LogP contribution in [0.25, 0.3) is 0 Å². The first-order chi connectivity index (χ1) is 12.8. The molecule has 0 aliphatic carbocycles. The second-order valence-electron chi connectivity index (χ2n) is 6.69. The molecule has 27 heavy (non-hydrogen) atoms. The quantitative estimate of drug-likeness (QED) is 0.570. The van der Waals surface area contributed by atoms with E-state index in [-0.39, 0.29) is 11.5 Å². The number of carbonyl (C=O) groups excluding carboxylic acids is 1. The Bertz CT molecular complexity index is 764. The number of carbonyl (C=O) groups is 2. The molecule has 1 fully saturated rings. The van der Waals surface area contributed by atoms with Crippen LogP contribution in [0.5, 0.6) is 0 Å². The Labute approximate surface area is 163 Å². The lowest BCUT2D eigenvalue weighted by Crippen LogP contribution is -2.46. The van der Waals surface area contributed by atoms with E-state index in [0.29, 0.717) is 18.1 Å². The highest BCUT2D eigenvalue weighted by molar-refractivity contribution is 6.30. The highest BCUT2D eigenvalue weighted by Gasteiger charge is 2.25. The van der Waals surface area contributed by atoms with E-state index in [9.17, 15) is 20.0 Å². The van der Waals surface area contributed by atoms with E-state index in [4.69, 9.17) is 11.6 Å². The fourth-order valence-corrected chi connectivity index (χ4v) is 3.02. The lowest BCUT2D eigenvalue weighted by molar-refractivity contribution is -0.142. The third-order valence-corrected chi connectivity index (χ3v) is 4.62. The van der Waals surface area contributed by atoms with Gasteiger partial charge in [-0.3, -0.25) is 4.79 Å². The Morgan fingerprint density at radius 3 is 2.48 bits per heavy atom. The fraction of sp³-hybridized carbons (Fsp3) is 0.421. The number of hydrogen-bond donors (Lipinski definition) is 2. The normalized spacial score (nSPS) is 16.0. The molecule has 144 valence electrons. The van der Waals surface area contributed by atoms with Gasteiger partial charge in [0.15, 0.2) is 0 Å². The third-order valence-electron chi connectivity index (χ3n) is 4.38. The van der Waals surface area contributed by atoms with Gasteiger partial charge in [0.05, 0.1) is 0 Å². The summed E-state index contributed by atoms with van der Waals surface area (Å²) in [6, 6.07) is 8.45. The van der Waals surface area contributed by atoms with Gasteiger partial charge in [0, 0.05) is 43.1 Å². The first kappa shape index (κ1) is 20.6. The maximum Gasteiger partial charge on any atom is 0.326 e. The number of aliphatic carboxylic acids is 1. The van der Waals surface area contributed by atoms with Crippen LogP contribution in [-0.4, -0.2) is 54.1 Å². The number of carboxylic acid groups (broad SMARTS) is 1. The molecule has 0 saturated carbocycles. The molecule has 7 nitrogen and oxygen atoms in total. The van der Waals surface area contributed by atoms with Crippen LogP contribution in [0.1, 0.15) is 13.8 Å². The molecule has 0 aromatic heterocycles. The Kier molecular flexibility index (Phi) is 7.08. The Hall–Kier alpha value is -2.72. The second-order valence-corrected chi connectivity index (χ2v) is 7.13. The van der Waals surface area contributed by atoms with E-state index < -0.39 is 17.9 Å². The third kappa shape index (κ3) is 5.63. The van der Waals surface area contributed by atoms with Gasteiger partial charge in [0.1, 0.15) is 17.7 Å². The number of halogens is 1. The maximum atomic E-state index is 12.3. The van der Waals surface area contributed by atoms with E-state index >= 15 is 0 Å².